The summed E-state index contributed by atoms with van der Waals surface area (Å²) in [5.74, 6) is -0.536. The number of amides is 1. The predicted molar refractivity (Wildman–Crippen MR) is 90.7 cm³/mol. The predicted octanol–water partition coefficient (Wildman–Crippen LogP) is 5.36. The van der Waals surface area contributed by atoms with E-state index in [1.807, 2.05) is 17.5 Å². The Bertz CT molecular complexity index is 765. The van der Waals surface area contributed by atoms with Crippen molar-refractivity contribution in [3.05, 3.63) is 54.6 Å². The number of thiophene rings is 1. The zero-order chi connectivity index (χ0) is 15.4. The summed E-state index contributed by atoms with van der Waals surface area (Å²) in [6.07, 6.45) is 1.52. The maximum absolute atomic E-state index is 12.1. The topological polar surface area (TPSA) is 52.9 Å². The van der Waals surface area contributed by atoms with Gasteiger partial charge in [0.15, 0.2) is 0 Å². The molecule has 0 saturated carbocycles. The van der Waals surface area contributed by atoms with E-state index in [1.54, 1.807) is 12.1 Å². The summed E-state index contributed by atoms with van der Waals surface area (Å²) < 4.78 is 0.898. The quantitative estimate of drug-likeness (QED) is 0.555. The van der Waals surface area contributed by atoms with Gasteiger partial charge in [-0.3, -0.25) is 4.79 Å². The maximum Gasteiger partial charge on any atom is 0.266 e. The molecule has 1 heterocycles. The van der Waals surface area contributed by atoms with E-state index in [2.05, 4.69) is 21.2 Å². The van der Waals surface area contributed by atoms with Crippen LogP contribution in [0.4, 0.5) is 5.69 Å². The monoisotopic (exact) mass is 400 g/mol. The SMILES string of the molecule is N#C/C(=C\c1cc(Br)cs1)C(=O)Nc1cc(Cl)ccc1Cl. The fourth-order valence-electron chi connectivity index (χ4n) is 1.48. The Hall–Kier alpha value is -1.32. The summed E-state index contributed by atoms with van der Waals surface area (Å²) in [7, 11) is 0. The molecule has 0 spiro atoms. The van der Waals surface area contributed by atoms with Crippen molar-refractivity contribution in [2.75, 3.05) is 5.32 Å². The van der Waals surface area contributed by atoms with Crippen LogP contribution in [0.3, 0.4) is 0 Å². The third-order valence-electron chi connectivity index (χ3n) is 2.42. The summed E-state index contributed by atoms with van der Waals surface area (Å²) in [5, 5.41) is 14.4. The number of carbonyl (C=O) groups is 1. The first-order valence-corrected chi connectivity index (χ1v) is 8.04. The summed E-state index contributed by atoms with van der Waals surface area (Å²) in [5.41, 5.74) is 0.350. The molecule has 0 atom stereocenters. The molecule has 0 aliphatic rings. The number of halogens is 3. The van der Waals surface area contributed by atoms with Crippen molar-refractivity contribution in [2.45, 2.75) is 0 Å². The van der Waals surface area contributed by atoms with Gasteiger partial charge in [0, 0.05) is 19.8 Å². The number of anilines is 1. The van der Waals surface area contributed by atoms with Crippen molar-refractivity contribution < 1.29 is 4.79 Å². The Kier molecular flexibility index (Phi) is 5.43. The number of rotatable bonds is 3. The second kappa shape index (κ2) is 7.10. The zero-order valence-electron chi connectivity index (χ0n) is 10.4. The number of carbonyl (C=O) groups excluding carboxylic acids is 1. The van der Waals surface area contributed by atoms with E-state index in [4.69, 9.17) is 28.5 Å². The molecule has 1 amide bonds. The largest absolute Gasteiger partial charge is 0.320 e. The maximum atomic E-state index is 12.1. The van der Waals surface area contributed by atoms with Crippen LogP contribution in [0.1, 0.15) is 4.88 Å². The standard InChI is InChI=1S/C14H7BrCl2N2OS/c15-9-4-11(21-7-9)3-8(6-18)14(20)19-13-5-10(16)1-2-12(13)17/h1-5,7H,(H,19,20)/b8-3+. The van der Waals surface area contributed by atoms with E-state index >= 15 is 0 Å². The molecule has 0 saturated heterocycles. The fourth-order valence-corrected chi connectivity index (χ4v) is 3.19. The van der Waals surface area contributed by atoms with Crippen molar-refractivity contribution in [3.63, 3.8) is 0 Å². The minimum Gasteiger partial charge on any atom is -0.320 e. The number of nitrogens with zero attached hydrogens (tertiary/aromatic N) is 1. The van der Waals surface area contributed by atoms with Crippen LogP contribution in [0.25, 0.3) is 6.08 Å². The molecule has 1 aromatic heterocycles. The summed E-state index contributed by atoms with van der Waals surface area (Å²) in [6, 6.07) is 8.42. The van der Waals surface area contributed by atoms with E-state index in [0.717, 1.165) is 9.35 Å². The lowest BCUT2D eigenvalue weighted by Gasteiger charge is -2.06. The van der Waals surface area contributed by atoms with Gasteiger partial charge in [0.05, 0.1) is 10.7 Å². The van der Waals surface area contributed by atoms with Gasteiger partial charge in [-0.2, -0.15) is 5.26 Å². The lowest BCUT2D eigenvalue weighted by Crippen LogP contribution is -2.13. The normalized spacial score (nSPS) is 11.0. The van der Waals surface area contributed by atoms with Crippen LogP contribution in [0.15, 0.2) is 39.7 Å². The number of hydrogen-bond acceptors (Lipinski definition) is 3. The van der Waals surface area contributed by atoms with E-state index in [1.165, 1.54) is 23.5 Å². The van der Waals surface area contributed by atoms with Gasteiger partial charge in [0.25, 0.3) is 5.91 Å². The average Bonchev–Trinajstić information content (AvgIpc) is 2.85. The van der Waals surface area contributed by atoms with Gasteiger partial charge in [-0.1, -0.05) is 23.2 Å². The van der Waals surface area contributed by atoms with E-state index in [9.17, 15) is 4.79 Å². The third kappa shape index (κ3) is 4.32. The van der Waals surface area contributed by atoms with Crippen molar-refractivity contribution in [1.29, 1.82) is 5.26 Å². The molecule has 0 bridgehead atoms. The minimum atomic E-state index is -0.536. The highest BCUT2D eigenvalue weighted by Crippen LogP contribution is 2.26. The second-order valence-electron chi connectivity index (χ2n) is 3.92. The Labute approximate surface area is 143 Å². The lowest BCUT2D eigenvalue weighted by molar-refractivity contribution is -0.112. The molecular weight excluding hydrogens is 395 g/mol. The van der Waals surface area contributed by atoms with Gasteiger partial charge in [-0.15, -0.1) is 11.3 Å². The first-order chi connectivity index (χ1) is 9.99. The highest BCUT2D eigenvalue weighted by molar-refractivity contribution is 9.10. The lowest BCUT2D eigenvalue weighted by atomic mass is 10.2. The highest BCUT2D eigenvalue weighted by atomic mass is 79.9. The van der Waals surface area contributed by atoms with Crippen molar-refractivity contribution in [1.82, 2.24) is 0 Å². The molecule has 1 aromatic carbocycles. The Morgan fingerprint density at radius 1 is 1.38 bits per heavy atom. The Morgan fingerprint density at radius 2 is 2.14 bits per heavy atom. The van der Waals surface area contributed by atoms with Crippen LogP contribution in [-0.4, -0.2) is 5.91 Å². The molecule has 0 radical (unpaired) electrons. The number of nitriles is 1. The van der Waals surface area contributed by atoms with Crippen molar-refractivity contribution in [3.8, 4) is 6.07 Å². The summed E-state index contributed by atoms with van der Waals surface area (Å²) >= 11 is 16.6. The van der Waals surface area contributed by atoms with Gasteiger partial charge in [-0.25, -0.2) is 0 Å². The first kappa shape index (κ1) is 16.1. The smallest absolute Gasteiger partial charge is 0.266 e. The minimum absolute atomic E-state index is 0.0135. The summed E-state index contributed by atoms with van der Waals surface area (Å²) in [4.78, 5) is 12.9. The van der Waals surface area contributed by atoms with Crippen LogP contribution in [0.5, 0.6) is 0 Å². The average molecular weight is 402 g/mol. The van der Waals surface area contributed by atoms with E-state index < -0.39 is 5.91 Å². The Balaban J connectivity index is 2.23. The second-order valence-corrected chi connectivity index (χ2v) is 6.62. The number of benzene rings is 1. The van der Waals surface area contributed by atoms with E-state index in [0.29, 0.717) is 15.7 Å². The van der Waals surface area contributed by atoms with Crippen molar-refractivity contribution in [2.24, 2.45) is 0 Å². The number of nitrogens with one attached hydrogen (secondary N) is 1. The molecule has 0 unspecified atom stereocenters. The van der Waals surface area contributed by atoms with Crippen LogP contribution in [-0.2, 0) is 4.79 Å². The molecule has 2 rings (SSSR count). The molecule has 7 heteroatoms. The van der Waals surface area contributed by atoms with Crippen LogP contribution in [0, 0.1) is 11.3 Å². The van der Waals surface area contributed by atoms with Gasteiger partial charge >= 0.3 is 0 Å². The highest BCUT2D eigenvalue weighted by Gasteiger charge is 2.12. The first-order valence-electron chi connectivity index (χ1n) is 5.62. The van der Waals surface area contributed by atoms with Gasteiger partial charge in [0.1, 0.15) is 11.6 Å². The number of hydrogen-bond donors (Lipinski definition) is 1. The molecular formula is C14H7BrCl2N2OS. The van der Waals surface area contributed by atoms with Gasteiger partial charge in [-0.05, 0) is 46.3 Å². The molecule has 2 aromatic rings. The molecule has 0 aliphatic carbocycles. The van der Waals surface area contributed by atoms with E-state index in [-0.39, 0.29) is 5.57 Å². The third-order valence-corrected chi connectivity index (χ3v) is 4.62. The molecule has 3 nitrogen and oxygen atoms in total. The molecule has 1 N–H and O–H groups in total. The van der Waals surface area contributed by atoms with Gasteiger partial charge in [0.2, 0.25) is 0 Å². The summed E-state index contributed by atoms with van der Waals surface area (Å²) in [6.45, 7) is 0. The van der Waals surface area contributed by atoms with Gasteiger partial charge < -0.3 is 5.32 Å². The van der Waals surface area contributed by atoms with Crippen LogP contribution in [0.2, 0.25) is 10.0 Å². The van der Waals surface area contributed by atoms with Crippen LogP contribution < -0.4 is 5.32 Å². The van der Waals surface area contributed by atoms with Crippen LogP contribution >= 0.6 is 50.5 Å². The zero-order valence-corrected chi connectivity index (χ0v) is 14.3. The molecule has 0 aliphatic heterocycles. The molecule has 106 valence electrons. The molecule has 21 heavy (non-hydrogen) atoms. The fraction of sp³-hybridized carbons (Fsp3) is 0. The molecule has 0 fully saturated rings. The Morgan fingerprint density at radius 3 is 2.76 bits per heavy atom. The van der Waals surface area contributed by atoms with Crippen molar-refractivity contribution >= 4 is 68.1 Å².